The first-order chi connectivity index (χ1) is 12.0. The maximum atomic E-state index is 12.8. The fraction of sp³-hybridized carbons (Fsp3) is 0.789. The Balaban J connectivity index is 1.32. The van der Waals surface area contributed by atoms with Gasteiger partial charge in [0.05, 0.1) is 23.4 Å². The fourth-order valence-corrected chi connectivity index (χ4v) is 5.56. The number of piperidine rings is 1. The van der Waals surface area contributed by atoms with Crippen molar-refractivity contribution in [1.82, 2.24) is 14.8 Å². The number of aryl methyl sites for hydroxylation is 2. The molecule has 0 aliphatic carbocycles. The molecular weight excluding hydrogens is 334 g/mol. The monoisotopic (exact) mass is 363 g/mol. The summed E-state index contributed by atoms with van der Waals surface area (Å²) in [6.45, 7) is 10.1. The van der Waals surface area contributed by atoms with Crippen molar-refractivity contribution in [3.8, 4) is 0 Å². The Bertz CT molecular complexity index is 631. The summed E-state index contributed by atoms with van der Waals surface area (Å²) in [6, 6.07) is 0. The lowest BCUT2D eigenvalue weighted by molar-refractivity contribution is 0.0462. The van der Waals surface area contributed by atoms with Gasteiger partial charge in [0.2, 0.25) is 0 Å². The highest BCUT2D eigenvalue weighted by atomic mass is 32.1. The van der Waals surface area contributed by atoms with Gasteiger partial charge in [-0.15, -0.1) is 11.3 Å². The number of hydrogen-bond acceptors (Lipinski definition) is 5. The number of carbonyl (C=O) groups is 1. The molecule has 0 aromatic carbocycles. The van der Waals surface area contributed by atoms with Crippen LogP contribution in [0.1, 0.15) is 52.5 Å². The fourth-order valence-electron chi connectivity index (χ4n) is 4.67. The molecule has 1 aromatic rings. The molecule has 138 valence electrons. The van der Waals surface area contributed by atoms with E-state index in [0.717, 1.165) is 54.7 Å². The Hall–Kier alpha value is -0.980. The molecule has 25 heavy (non-hydrogen) atoms. The van der Waals surface area contributed by atoms with Crippen molar-refractivity contribution in [1.29, 1.82) is 0 Å². The summed E-state index contributed by atoms with van der Waals surface area (Å²) in [5.74, 6) is 0.172. The van der Waals surface area contributed by atoms with Crippen molar-refractivity contribution in [2.75, 3.05) is 39.3 Å². The van der Waals surface area contributed by atoms with Crippen molar-refractivity contribution in [3.63, 3.8) is 0 Å². The molecular formula is C19H29N3O2S. The Morgan fingerprint density at radius 1 is 1.24 bits per heavy atom. The van der Waals surface area contributed by atoms with Crippen LogP contribution in [0.3, 0.4) is 0 Å². The van der Waals surface area contributed by atoms with Gasteiger partial charge in [-0.25, -0.2) is 4.98 Å². The van der Waals surface area contributed by atoms with Crippen LogP contribution in [-0.2, 0) is 4.74 Å². The smallest absolute Gasteiger partial charge is 0.265 e. The minimum atomic E-state index is 0.172. The van der Waals surface area contributed by atoms with E-state index in [-0.39, 0.29) is 5.91 Å². The summed E-state index contributed by atoms with van der Waals surface area (Å²) >= 11 is 1.53. The quantitative estimate of drug-likeness (QED) is 0.828. The number of hydrogen-bond donors (Lipinski definition) is 0. The zero-order valence-electron chi connectivity index (χ0n) is 15.4. The summed E-state index contributed by atoms with van der Waals surface area (Å²) in [5.41, 5.74) is 1.18. The second-order valence-electron chi connectivity index (χ2n) is 8.08. The number of likely N-dealkylation sites (tertiary alicyclic amines) is 2. The van der Waals surface area contributed by atoms with Crippen LogP contribution in [0.15, 0.2) is 0 Å². The van der Waals surface area contributed by atoms with Crippen molar-refractivity contribution < 1.29 is 9.53 Å². The summed E-state index contributed by atoms with van der Waals surface area (Å²) in [5, 5.41) is 0.975. The van der Waals surface area contributed by atoms with E-state index in [2.05, 4.69) is 9.88 Å². The molecule has 1 aromatic heterocycles. The summed E-state index contributed by atoms with van der Waals surface area (Å²) < 4.78 is 6.16. The molecule has 3 saturated heterocycles. The third kappa shape index (κ3) is 3.62. The van der Waals surface area contributed by atoms with E-state index >= 15 is 0 Å². The molecule has 4 heterocycles. The first-order valence-corrected chi connectivity index (χ1v) is 10.4. The van der Waals surface area contributed by atoms with Gasteiger partial charge in [0.1, 0.15) is 4.88 Å². The first kappa shape index (κ1) is 17.4. The number of rotatable bonds is 3. The van der Waals surface area contributed by atoms with Crippen molar-refractivity contribution in [2.24, 2.45) is 5.41 Å². The topological polar surface area (TPSA) is 45.7 Å². The van der Waals surface area contributed by atoms with E-state index in [1.54, 1.807) is 0 Å². The molecule has 1 spiro atoms. The number of thiazole rings is 1. The number of ether oxygens (including phenoxy) is 1. The van der Waals surface area contributed by atoms with Gasteiger partial charge in [-0.2, -0.15) is 0 Å². The number of amides is 1. The molecule has 1 unspecified atom stereocenters. The molecule has 4 rings (SSSR count). The minimum absolute atomic E-state index is 0.172. The third-order valence-electron chi connectivity index (χ3n) is 6.16. The van der Waals surface area contributed by atoms with Gasteiger partial charge < -0.3 is 14.5 Å². The molecule has 5 nitrogen and oxygen atoms in total. The second kappa shape index (κ2) is 6.97. The standard InChI is InChI=1S/C19H29N3O2S/c1-14-17(25-15(2)20-14)18(23)22-9-5-19(6-10-22)11-16(24-13-19)12-21-7-3-4-8-21/h16H,3-13H2,1-2H3. The summed E-state index contributed by atoms with van der Waals surface area (Å²) in [4.78, 5) is 22.6. The number of nitrogens with zero attached hydrogens (tertiary/aromatic N) is 3. The van der Waals surface area contributed by atoms with Crippen molar-refractivity contribution >= 4 is 17.2 Å². The zero-order valence-corrected chi connectivity index (χ0v) is 16.2. The van der Waals surface area contributed by atoms with Crippen LogP contribution in [0.2, 0.25) is 0 Å². The molecule has 0 saturated carbocycles. The predicted molar refractivity (Wildman–Crippen MR) is 99.2 cm³/mol. The van der Waals surface area contributed by atoms with Gasteiger partial charge in [-0.3, -0.25) is 4.79 Å². The van der Waals surface area contributed by atoms with Crippen LogP contribution in [0.5, 0.6) is 0 Å². The Labute approximate surface area is 154 Å². The van der Waals surface area contributed by atoms with Crippen LogP contribution in [-0.4, -0.2) is 66.1 Å². The van der Waals surface area contributed by atoms with Crippen molar-refractivity contribution in [3.05, 3.63) is 15.6 Å². The Kier molecular flexibility index (Phi) is 4.86. The molecule has 1 atom stereocenters. The number of carbonyl (C=O) groups excluding carboxylic acids is 1. The second-order valence-corrected chi connectivity index (χ2v) is 9.29. The van der Waals surface area contributed by atoms with Gasteiger partial charge in [-0.1, -0.05) is 0 Å². The maximum absolute atomic E-state index is 12.8. The van der Waals surface area contributed by atoms with Gasteiger partial charge >= 0.3 is 0 Å². The maximum Gasteiger partial charge on any atom is 0.265 e. The summed E-state index contributed by atoms with van der Waals surface area (Å²) in [7, 11) is 0. The predicted octanol–water partition coefficient (Wildman–Crippen LogP) is 2.87. The van der Waals surface area contributed by atoms with Gasteiger partial charge in [0.25, 0.3) is 5.91 Å². The average Bonchev–Trinajstić information content (AvgIpc) is 3.30. The largest absolute Gasteiger partial charge is 0.376 e. The van der Waals surface area contributed by atoms with Crippen LogP contribution in [0, 0.1) is 19.3 Å². The van der Waals surface area contributed by atoms with Crippen LogP contribution < -0.4 is 0 Å². The minimum Gasteiger partial charge on any atom is -0.376 e. The lowest BCUT2D eigenvalue weighted by Crippen LogP contribution is -2.43. The molecule has 3 aliphatic heterocycles. The molecule has 0 radical (unpaired) electrons. The highest BCUT2D eigenvalue weighted by Crippen LogP contribution is 2.42. The van der Waals surface area contributed by atoms with Crippen LogP contribution >= 0.6 is 11.3 Å². The molecule has 1 amide bonds. The van der Waals surface area contributed by atoms with Gasteiger partial charge in [-0.05, 0) is 64.5 Å². The van der Waals surface area contributed by atoms with Crippen molar-refractivity contribution in [2.45, 2.75) is 52.1 Å². The first-order valence-electron chi connectivity index (χ1n) is 9.62. The summed E-state index contributed by atoms with van der Waals surface area (Å²) in [6.07, 6.45) is 6.39. The van der Waals surface area contributed by atoms with E-state index < -0.39 is 0 Å². The lowest BCUT2D eigenvalue weighted by atomic mass is 9.76. The average molecular weight is 364 g/mol. The Morgan fingerprint density at radius 2 is 1.96 bits per heavy atom. The SMILES string of the molecule is Cc1nc(C)c(C(=O)N2CCC3(CC2)COC(CN2CCCC2)C3)s1. The van der Waals surface area contributed by atoms with E-state index in [1.807, 2.05) is 18.7 Å². The van der Waals surface area contributed by atoms with Gasteiger partial charge in [0.15, 0.2) is 0 Å². The van der Waals surface area contributed by atoms with E-state index in [9.17, 15) is 4.79 Å². The van der Waals surface area contributed by atoms with E-state index in [1.165, 1.54) is 43.7 Å². The lowest BCUT2D eigenvalue weighted by Gasteiger charge is -2.38. The van der Waals surface area contributed by atoms with E-state index in [0.29, 0.717) is 11.5 Å². The Morgan fingerprint density at radius 3 is 2.60 bits per heavy atom. The van der Waals surface area contributed by atoms with E-state index in [4.69, 9.17) is 4.74 Å². The zero-order chi connectivity index (χ0) is 17.4. The molecule has 3 aliphatic rings. The normalized spacial score (nSPS) is 26.6. The molecule has 0 bridgehead atoms. The highest BCUT2D eigenvalue weighted by Gasteiger charge is 2.43. The highest BCUT2D eigenvalue weighted by molar-refractivity contribution is 7.13. The molecule has 6 heteroatoms. The number of aromatic nitrogens is 1. The third-order valence-corrected chi connectivity index (χ3v) is 7.22. The molecule has 0 N–H and O–H groups in total. The van der Waals surface area contributed by atoms with Crippen LogP contribution in [0.25, 0.3) is 0 Å². The molecule has 3 fully saturated rings. The van der Waals surface area contributed by atoms with Crippen LogP contribution in [0.4, 0.5) is 0 Å². The van der Waals surface area contributed by atoms with Gasteiger partial charge in [0, 0.05) is 19.6 Å².